The summed E-state index contributed by atoms with van der Waals surface area (Å²) in [7, 11) is 0. The van der Waals surface area contributed by atoms with Crippen molar-refractivity contribution in [2.45, 2.75) is 13.0 Å². The second-order valence-corrected chi connectivity index (χ2v) is 4.54. The van der Waals surface area contributed by atoms with Crippen LogP contribution in [0.5, 0.6) is 0 Å². The predicted molar refractivity (Wildman–Crippen MR) is 67.2 cm³/mol. The highest BCUT2D eigenvalue weighted by molar-refractivity contribution is 6.34. The van der Waals surface area contributed by atoms with Gasteiger partial charge < -0.3 is 15.4 Å². The summed E-state index contributed by atoms with van der Waals surface area (Å²) in [5.41, 5.74) is 6.61. The van der Waals surface area contributed by atoms with E-state index in [9.17, 15) is 4.79 Å². The Labute approximate surface area is 105 Å². The zero-order valence-electron chi connectivity index (χ0n) is 9.65. The van der Waals surface area contributed by atoms with Crippen LogP contribution in [0.1, 0.15) is 17.3 Å². The van der Waals surface area contributed by atoms with Crippen molar-refractivity contribution in [2.75, 3.05) is 25.4 Å². The molecule has 1 aliphatic heterocycles. The van der Waals surface area contributed by atoms with Gasteiger partial charge in [0, 0.05) is 18.8 Å². The molecule has 2 rings (SSSR count). The summed E-state index contributed by atoms with van der Waals surface area (Å²) in [5, 5.41) is 0.397. The van der Waals surface area contributed by atoms with E-state index in [1.54, 1.807) is 23.1 Å². The lowest BCUT2D eigenvalue weighted by atomic mass is 10.1. The molecule has 0 radical (unpaired) electrons. The minimum atomic E-state index is -0.122. The Balaban J connectivity index is 2.24. The molecule has 1 unspecified atom stereocenters. The molecule has 5 heteroatoms. The maximum atomic E-state index is 12.3. The monoisotopic (exact) mass is 254 g/mol. The lowest BCUT2D eigenvalue weighted by molar-refractivity contribution is -0.0123. The standard InChI is InChI=1S/C12H15ClN2O2/c1-8-7-15(5-6-17-8)12(16)11-9(13)3-2-4-10(11)14/h2-4,8H,5-7,14H2,1H3. The maximum Gasteiger partial charge on any atom is 0.257 e. The molecule has 0 aromatic heterocycles. The average Bonchev–Trinajstić information content (AvgIpc) is 2.28. The first-order valence-electron chi connectivity index (χ1n) is 5.54. The minimum absolute atomic E-state index is 0.0522. The first-order valence-corrected chi connectivity index (χ1v) is 5.92. The summed E-state index contributed by atoms with van der Waals surface area (Å²) < 4.78 is 5.40. The van der Waals surface area contributed by atoms with Gasteiger partial charge in [-0.3, -0.25) is 4.79 Å². The number of hydrogen-bond acceptors (Lipinski definition) is 3. The van der Waals surface area contributed by atoms with Gasteiger partial charge in [0.2, 0.25) is 0 Å². The summed E-state index contributed by atoms with van der Waals surface area (Å²) in [5.74, 6) is -0.122. The van der Waals surface area contributed by atoms with Crippen LogP contribution in [-0.4, -0.2) is 36.6 Å². The number of nitrogens with zero attached hydrogens (tertiary/aromatic N) is 1. The number of halogens is 1. The number of morpholine rings is 1. The summed E-state index contributed by atoms with van der Waals surface area (Å²) in [4.78, 5) is 14.0. The van der Waals surface area contributed by atoms with E-state index in [1.165, 1.54) is 0 Å². The van der Waals surface area contributed by atoms with Crippen LogP contribution < -0.4 is 5.73 Å². The van der Waals surface area contributed by atoms with Crippen LogP contribution in [0.2, 0.25) is 5.02 Å². The van der Waals surface area contributed by atoms with Crippen molar-refractivity contribution in [3.8, 4) is 0 Å². The van der Waals surface area contributed by atoms with Gasteiger partial charge in [-0.25, -0.2) is 0 Å². The third-order valence-corrected chi connectivity index (χ3v) is 3.10. The van der Waals surface area contributed by atoms with Crippen LogP contribution in [0, 0.1) is 0 Å². The van der Waals surface area contributed by atoms with Crippen LogP contribution in [0.15, 0.2) is 18.2 Å². The first kappa shape index (κ1) is 12.2. The molecule has 1 atom stereocenters. The van der Waals surface area contributed by atoms with Crippen LogP contribution in [0.3, 0.4) is 0 Å². The summed E-state index contributed by atoms with van der Waals surface area (Å²) in [6, 6.07) is 5.09. The Morgan fingerprint density at radius 2 is 2.35 bits per heavy atom. The zero-order chi connectivity index (χ0) is 12.4. The van der Waals surface area contributed by atoms with Gasteiger partial charge in [0.15, 0.2) is 0 Å². The number of amides is 1. The number of rotatable bonds is 1. The van der Waals surface area contributed by atoms with Crippen LogP contribution in [0.25, 0.3) is 0 Å². The third kappa shape index (κ3) is 2.53. The molecule has 1 aromatic carbocycles. The number of nitrogens with two attached hydrogens (primary N) is 1. The average molecular weight is 255 g/mol. The van der Waals surface area contributed by atoms with Gasteiger partial charge in [-0.1, -0.05) is 17.7 Å². The van der Waals surface area contributed by atoms with Crippen LogP contribution >= 0.6 is 11.6 Å². The molecular weight excluding hydrogens is 240 g/mol. The van der Waals surface area contributed by atoms with Gasteiger partial charge in [-0.2, -0.15) is 0 Å². The van der Waals surface area contributed by atoms with E-state index in [4.69, 9.17) is 22.1 Å². The Morgan fingerprint density at radius 3 is 3.00 bits per heavy atom. The smallest absolute Gasteiger partial charge is 0.257 e. The number of anilines is 1. The minimum Gasteiger partial charge on any atom is -0.398 e. The molecule has 1 aromatic rings. The van der Waals surface area contributed by atoms with E-state index in [0.717, 1.165) is 0 Å². The largest absolute Gasteiger partial charge is 0.398 e. The number of nitrogen functional groups attached to an aromatic ring is 1. The molecule has 1 amide bonds. The Hall–Kier alpha value is -1.26. The Kier molecular flexibility index (Phi) is 3.54. The highest BCUT2D eigenvalue weighted by Gasteiger charge is 2.25. The molecular formula is C12H15ClN2O2. The Morgan fingerprint density at radius 1 is 1.59 bits per heavy atom. The van der Waals surface area contributed by atoms with Gasteiger partial charge in [0.05, 0.1) is 23.3 Å². The van der Waals surface area contributed by atoms with Crippen molar-refractivity contribution >= 4 is 23.2 Å². The van der Waals surface area contributed by atoms with Crippen molar-refractivity contribution in [3.05, 3.63) is 28.8 Å². The second kappa shape index (κ2) is 4.94. The molecule has 1 aliphatic rings. The van der Waals surface area contributed by atoms with E-state index in [0.29, 0.717) is 36.0 Å². The van der Waals surface area contributed by atoms with Gasteiger partial charge >= 0.3 is 0 Å². The number of hydrogen-bond donors (Lipinski definition) is 1. The normalized spacial score (nSPS) is 20.4. The number of carbonyl (C=O) groups excluding carboxylic acids is 1. The van der Waals surface area contributed by atoms with E-state index in [1.807, 2.05) is 6.92 Å². The Bertz CT molecular complexity index is 416. The molecule has 17 heavy (non-hydrogen) atoms. The molecule has 0 saturated carbocycles. The first-order chi connectivity index (χ1) is 8.09. The molecule has 0 bridgehead atoms. The third-order valence-electron chi connectivity index (χ3n) is 2.79. The van der Waals surface area contributed by atoms with Crippen molar-refractivity contribution in [1.82, 2.24) is 4.90 Å². The highest BCUT2D eigenvalue weighted by Crippen LogP contribution is 2.24. The lowest BCUT2D eigenvalue weighted by Crippen LogP contribution is -2.44. The van der Waals surface area contributed by atoms with Crippen molar-refractivity contribution < 1.29 is 9.53 Å². The molecule has 2 N–H and O–H groups in total. The second-order valence-electron chi connectivity index (χ2n) is 4.14. The van der Waals surface area contributed by atoms with E-state index >= 15 is 0 Å². The van der Waals surface area contributed by atoms with Crippen LogP contribution in [-0.2, 0) is 4.74 Å². The summed E-state index contributed by atoms with van der Waals surface area (Å²) in [6.07, 6.45) is 0.0522. The number of ether oxygens (including phenoxy) is 1. The molecule has 92 valence electrons. The fraction of sp³-hybridized carbons (Fsp3) is 0.417. The number of benzene rings is 1. The van der Waals surface area contributed by atoms with Crippen molar-refractivity contribution in [2.24, 2.45) is 0 Å². The van der Waals surface area contributed by atoms with Crippen molar-refractivity contribution in [3.63, 3.8) is 0 Å². The summed E-state index contributed by atoms with van der Waals surface area (Å²) in [6.45, 7) is 3.64. The van der Waals surface area contributed by atoms with E-state index < -0.39 is 0 Å². The summed E-state index contributed by atoms with van der Waals surface area (Å²) >= 11 is 6.02. The van der Waals surface area contributed by atoms with Gasteiger partial charge in [-0.15, -0.1) is 0 Å². The molecule has 0 aliphatic carbocycles. The quantitative estimate of drug-likeness (QED) is 0.778. The molecule has 0 spiro atoms. The maximum absolute atomic E-state index is 12.3. The van der Waals surface area contributed by atoms with Gasteiger partial charge in [0.25, 0.3) is 5.91 Å². The molecule has 1 fully saturated rings. The SMILES string of the molecule is CC1CN(C(=O)c2c(N)cccc2Cl)CCO1. The number of carbonyl (C=O) groups is 1. The van der Waals surface area contributed by atoms with Gasteiger partial charge in [-0.05, 0) is 19.1 Å². The zero-order valence-corrected chi connectivity index (χ0v) is 10.4. The van der Waals surface area contributed by atoms with Gasteiger partial charge in [0.1, 0.15) is 0 Å². The van der Waals surface area contributed by atoms with E-state index in [-0.39, 0.29) is 12.0 Å². The lowest BCUT2D eigenvalue weighted by Gasteiger charge is -2.31. The predicted octanol–water partition coefficient (Wildman–Crippen LogP) is 1.78. The van der Waals surface area contributed by atoms with Crippen LogP contribution in [0.4, 0.5) is 5.69 Å². The molecule has 4 nitrogen and oxygen atoms in total. The molecule has 1 heterocycles. The topological polar surface area (TPSA) is 55.6 Å². The fourth-order valence-corrected chi connectivity index (χ4v) is 2.19. The highest BCUT2D eigenvalue weighted by atomic mass is 35.5. The van der Waals surface area contributed by atoms with Crippen molar-refractivity contribution in [1.29, 1.82) is 0 Å². The van der Waals surface area contributed by atoms with E-state index in [2.05, 4.69) is 0 Å². The fourth-order valence-electron chi connectivity index (χ4n) is 1.93. The molecule has 1 saturated heterocycles.